The first-order valence-electron chi connectivity index (χ1n) is 3.11. The monoisotopic (exact) mass is 159 g/mol. The summed E-state index contributed by atoms with van der Waals surface area (Å²) in [6.45, 7) is 5.93. The summed E-state index contributed by atoms with van der Waals surface area (Å²) in [7, 11) is 0. The Morgan fingerprint density at radius 3 is 2.30 bits per heavy atom. The zero-order valence-corrected chi connectivity index (χ0v) is 7.13. The molecule has 0 saturated heterocycles. The number of thiazole rings is 1. The highest BCUT2D eigenvalue weighted by Crippen LogP contribution is 2.27. The molecule has 10 heavy (non-hydrogen) atoms. The average Bonchev–Trinajstić information content (AvgIpc) is 2.11. The Morgan fingerprint density at radius 2 is 2.10 bits per heavy atom. The highest BCUT2D eigenvalue weighted by Gasteiger charge is 2.20. The molecule has 0 fully saturated rings. The standard InChI is InChI=1S/C7H10FNS/c1-7(2,3)5-6(8)9-4-10-5/h4H,1-3H3. The Hall–Kier alpha value is -0.440. The molecule has 0 aliphatic heterocycles. The van der Waals surface area contributed by atoms with Gasteiger partial charge >= 0.3 is 0 Å². The molecule has 1 aromatic heterocycles. The molecule has 1 heterocycles. The van der Waals surface area contributed by atoms with Crippen LogP contribution in [0.1, 0.15) is 25.6 Å². The van der Waals surface area contributed by atoms with E-state index in [0.29, 0.717) is 0 Å². The molecule has 0 aliphatic rings. The average molecular weight is 159 g/mol. The van der Waals surface area contributed by atoms with E-state index in [1.54, 1.807) is 0 Å². The molecular formula is C7H10FNS. The zero-order chi connectivity index (χ0) is 7.78. The third-order valence-corrected chi connectivity index (χ3v) is 2.43. The van der Waals surface area contributed by atoms with Crippen LogP contribution in [0.25, 0.3) is 0 Å². The van der Waals surface area contributed by atoms with Crippen LogP contribution in [0, 0.1) is 5.95 Å². The van der Waals surface area contributed by atoms with Gasteiger partial charge in [-0.3, -0.25) is 0 Å². The summed E-state index contributed by atoms with van der Waals surface area (Å²) >= 11 is 1.37. The van der Waals surface area contributed by atoms with E-state index < -0.39 is 0 Å². The lowest BCUT2D eigenvalue weighted by Gasteiger charge is -2.14. The Balaban J connectivity index is 3.05. The zero-order valence-electron chi connectivity index (χ0n) is 6.31. The minimum absolute atomic E-state index is 0.106. The number of nitrogens with zero attached hydrogens (tertiary/aromatic N) is 1. The summed E-state index contributed by atoms with van der Waals surface area (Å²) in [5.74, 6) is -0.322. The van der Waals surface area contributed by atoms with Crippen LogP contribution in [0.3, 0.4) is 0 Å². The van der Waals surface area contributed by atoms with Gasteiger partial charge in [0.15, 0.2) is 0 Å². The summed E-state index contributed by atoms with van der Waals surface area (Å²) in [6, 6.07) is 0. The molecule has 3 heteroatoms. The van der Waals surface area contributed by atoms with E-state index in [2.05, 4.69) is 4.98 Å². The third kappa shape index (κ3) is 1.34. The molecule has 0 amide bonds. The summed E-state index contributed by atoms with van der Waals surface area (Å²) < 4.78 is 12.7. The van der Waals surface area contributed by atoms with E-state index in [4.69, 9.17) is 0 Å². The van der Waals surface area contributed by atoms with Gasteiger partial charge in [0.05, 0.1) is 10.4 Å². The topological polar surface area (TPSA) is 12.9 Å². The molecule has 1 aromatic rings. The molecule has 1 nitrogen and oxygen atoms in total. The first kappa shape index (κ1) is 7.66. The Morgan fingerprint density at radius 1 is 1.50 bits per heavy atom. The van der Waals surface area contributed by atoms with Gasteiger partial charge in [-0.2, -0.15) is 4.39 Å². The molecule has 0 unspecified atom stereocenters. The van der Waals surface area contributed by atoms with Crippen LogP contribution in [0.4, 0.5) is 4.39 Å². The van der Waals surface area contributed by atoms with Gasteiger partial charge in [0.25, 0.3) is 0 Å². The number of hydrogen-bond donors (Lipinski definition) is 0. The van der Waals surface area contributed by atoms with Crippen LogP contribution >= 0.6 is 11.3 Å². The minimum Gasteiger partial charge on any atom is -0.216 e. The first-order valence-corrected chi connectivity index (χ1v) is 3.99. The highest BCUT2D eigenvalue weighted by atomic mass is 32.1. The lowest BCUT2D eigenvalue weighted by Crippen LogP contribution is -2.10. The number of hydrogen-bond acceptors (Lipinski definition) is 2. The van der Waals surface area contributed by atoms with Crippen LogP contribution in [-0.2, 0) is 5.41 Å². The third-order valence-electron chi connectivity index (χ3n) is 1.21. The minimum atomic E-state index is -0.322. The van der Waals surface area contributed by atoms with Crippen LogP contribution < -0.4 is 0 Å². The molecule has 0 saturated carbocycles. The van der Waals surface area contributed by atoms with Gasteiger partial charge in [-0.05, 0) is 0 Å². The van der Waals surface area contributed by atoms with E-state index in [1.165, 1.54) is 16.8 Å². The molecule has 1 rings (SSSR count). The fraction of sp³-hybridized carbons (Fsp3) is 0.571. The second-order valence-electron chi connectivity index (χ2n) is 3.22. The van der Waals surface area contributed by atoms with Crippen molar-refractivity contribution in [3.63, 3.8) is 0 Å². The van der Waals surface area contributed by atoms with Crippen molar-refractivity contribution in [1.82, 2.24) is 4.98 Å². The van der Waals surface area contributed by atoms with Gasteiger partial charge in [0.2, 0.25) is 5.95 Å². The predicted molar refractivity (Wildman–Crippen MR) is 40.8 cm³/mol. The van der Waals surface area contributed by atoms with Crippen molar-refractivity contribution in [3.8, 4) is 0 Å². The Bertz CT molecular complexity index is 224. The summed E-state index contributed by atoms with van der Waals surface area (Å²) in [6.07, 6.45) is 0. The van der Waals surface area contributed by atoms with E-state index in [0.717, 1.165) is 4.88 Å². The van der Waals surface area contributed by atoms with Crippen LogP contribution in [0.5, 0.6) is 0 Å². The molecule has 0 N–H and O–H groups in total. The van der Waals surface area contributed by atoms with Crippen molar-refractivity contribution in [2.75, 3.05) is 0 Å². The molecule has 0 aromatic carbocycles. The molecule has 0 radical (unpaired) electrons. The van der Waals surface area contributed by atoms with E-state index >= 15 is 0 Å². The highest BCUT2D eigenvalue weighted by molar-refractivity contribution is 7.09. The second kappa shape index (κ2) is 2.31. The largest absolute Gasteiger partial charge is 0.227 e. The normalized spacial score (nSPS) is 12.0. The van der Waals surface area contributed by atoms with Crippen molar-refractivity contribution >= 4 is 11.3 Å². The maximum Gasteiger partial charge on any atom is 0.227 e. The van der Waals surface area contributed by atoms with Gasteiger partial charge in [-0.1, -0.05) is 20.8 Å². The van der Waals surface area contributed by atoms with Crippen LogP contribution in [0.2, 0.25) is 0 Å². The quantitative estimate of drug-likeness (QED) is 0.567. The van der Waals surface area contributed by atoms with E-state index in [1.807, 2.05) is 20.8 Å². The van der Waals surface area contributed by atoms with Crippen molar-refractivity contribution in [1.29, 1.82) is 0 Å². The predicted octanol–water partition coefficient (Wildman–Crippen LogP) is 2.58. The van der Waals surface area contributed by atoms with E-state index in [-0.39, 0.29) is 11.4 Å². The molecule has 0 aliphatic carbocycles. The SMILES string of the molecule is CC(C)(C)c1scnc1F. The second-order valence-corrected chi connectivity index (χ2v) is 4.08. The van der Waals surface area contributed by atoms with E-state index in [9.17, 15) is 4.39 Å². The van der Waals surface area contributed by atoms with Gasteiger partial charge < -0.3 is 0 Å². The molecule has 0 spiro atoms. The Kier molecular flexibility index (Phi) is 1.77. The number of rotatable bonds is 0. The fourth-order valence-electron chi connectivity index (χ4n) is 0.719. The van der Waals surface area contributed by atoms with Crippen molar-refractivity contribution in [2.24, 2.45) is 0 Å². The van der Waals surface area contributed by atoms with Crippen molar-refractivity contribution in [2.45, 2.75) is 26.2 Å². The molecule has 0 bridgehead atoms. The van der Waals surface area contributed by atoms with Gasteiger partial charge in [0, 0.05) is 5.41 Å². The summed E-state index contributed by atoms with van der Waals surface area (Å²) in [4.78, 5) is 4.26. The summed E-state index contributed by atoms with van der Waals surface area (Å²) in [5, 5.41) is 0. The van der Waals surface area contributed by atoms with Gasteiger partial charge in [-0.25, -0.2) is 4.98 Å². The van der Waals surface area contributed by atoms with Gasteiger partial charge in [0.1, 0.15) is 0 Å². The van der Waals surface area contributed by atoms with Crippen molar-refractivity contribution in [3.05, 3.63) is 16.3 Å². The first-order chi connectivity index (χ1) is 4.52. The number of aromatic nitrogens is 1. The number of halogens is 1. The molecule has 0 atom stereocenters. The van der Waals surface area contributed by atoms with Crippen molar-refractivity contribution < 1.29 is 4.39 Å². The van der Waals surface area contributed by atoms with Gasteiger partial charge in [-0.15, -0.1) is 11.3 Å². The fourth-order valence-corrected chi connectivity index (χ4v) is 1.47. The smallest absolute Gasteiger partial charge is 0.216 e. The molecular weight excluding hydrogens is 149 g/mol. The summed E-state index contributed by atoms with van der Waals surface area (Å²) in [5.41, 5.74) is 1.43. The van der Waals surface area contributed by atoms with Crippen LogP contribution in [0.15, 0.2) is 5.51 Å². The maximum atomic E-state index is 12.7. The maximum absolute atomic E-state index is 12.7. The lowest BCUT2D eigenvalue weighted by atomic mass is 9.95. The lowest BCUT2D eigenvalue weighted by molar-refractivity contribution is 0.516. The molecule has 56 valence electrons. The Labute approximate surface area is 63.9 Å². The van der Waals surface area contributed by atoms with Crippen LogP contribution in [-0.4, -0.2) is 4.98 Å².